The maximum atomic E-state index is 12.2. The minimum atomic E-state index is -1.20. The van der Waals surface area contributed by atoms with E-state index in [1.807, 2.05) is 84.9 Å². The van der Waals surface area contributed by atoms with Gasteiger partial charge in [0.05, 0.1) is 13.2 Å². The Morgan fingerprint density at radius 2 is 1.47 bits per heavy atom. The molecule has 0 bridgehead atoms. The Balaban J connectivity index is 1.53. The summed E-state index contributed by atoms with van der Waals surface area (Å²) < 4.78 is 10.7. The lowest BCUT2D eigenvalue weighted by Gasteiger charge is -2.16. The number of aliphatic carboxylic acids is 1. The summed E-state index contributed by atoms with van der Waals surface area (Å²) in [4.78, 5) is 23.6. The van der Waals surface area contributed by atoms with E-state index in [1.165, 1.54) is 0 Å². The van der Waals surface area contributed by atoms with E-state index >= 15 is 0 Å². The van der Waals surface area contributed by atoms with E-state index in [4.69, 9.17) is 9.47 Å². The first-order valence-electron chi connectivity index (χ1n) is 9.54. The average molecular weight is 405 g/mol. The number of nitrogens with one attached hydrogen (secondary N) is 1. The maximum Gasteiger partial charge on any atom is 0.408 e. The number of hydrogen-bond acceptors (Lipinski definition) is 4. The quantitative estimate of drug-likeness (QED) is 0.556. The highest BCUT2D eigenvalue weighted by Gasteiger charge is 2.21. The molecular formula is C24H23NO5. The molecule has 0 radical (unpaired) electrons. The molecule has 0 heterocycles. The van der Waals surface area contributed by atoms with Gasteiger partial charge in [0.25, 0.3) is 0 Å². The molecular weight excluding hydrogens is 382 g/mol. The Hall–Kier alpha value is -3.64. The molecule has 2 N–H and O–H groups in total. The normalized spacial score (nSPS) is 11.5. The van der Waals surface area contributed by atoms with Gasteiger partial charge in [-0.25, -0.2) is 9.59 Å². The first kappa shape index (κ1) is 21.1. The van der Waals surface area contributed by atoms with Crippen molar-refractivity contribution >= 4 is 12.1 Å². The number of carboxylic acids is 1. The van der Waals surface area contributed by atoms with E-state index in [0.717, 1.165) is 22.3 Å². The summed E-state index contributed by atoms with van der Waals surface area (Å²) in [5.74, 6) is -1.19. The van der Waals surface area contributed by atoms with Crippen LogP contribution in [0.2, 0.25) is 0 Å². The van der Waals surface area contributed by atoms with Crippen LogP contribution in [0.1, 0.15) is 11.1 Å². The van der Waals surface area contributed by atoms with E-state index in [9.17, 15) is 14.7 Å². The molecule has 0 aliphatic heterocycles. The fourth-order valence-corrected chi connectivity index (χ4v) is 2.92. The van der Waals surface area contributed by atoms with Crippen LogP contribution in [0.4, 0.5) is 4.79 Å². The zero-order valence-electron chi connectivity index (χ0n) is 16.4. The van der Waals surface area contributed by atoms with Gasteiger partial charge in [-0.05, 0) is 22.3 Å². The summed E-state index contributed by atoms with van der Waals surface area (Å²) in [5, 5.41) is 11.7. The minimum absolute atomic E-state index is 0.0219. The van der Waals surface area contributed by atoms with Gasteiger partial charge >= 0.3 is 12.1 Å². The number of carbonyl (C=O) groups is 2. The van der Waals surface area contributed by atoms with Crippen LogP contribution < -0.4 is 5.32 Å². The monoisotopic (exact) mass is 405 g/mol. The predicted octanol–water partition coefficient (Wildman–Crippen LogP) is 4.25. The predicted molar refractivity (Wildman–Crippen MR) is 113 cm³/mol. The fraction of sp³-hybridized carbons (Fsp3) is 0.167. The molecule has 3 aromatic carbocycles. The molecule has 0 fully saturated rings. The SMILES string of the molecule is O=C(NC(COCc1ccccc1)C(=O)O)OCc1ccccc1-c1ccccc1. The summed E-state index contributed by atoms with van der Waals surface area (Å²) in [6.45, 7) is 0.111. The summed E-state index contributed by atoms with van der Waals surface area (Å²) in [7, 11) is 0. The summed E-state index contributed by atoms with van der Waals surface area (Å²) in [6, 6.07) is 25.5. The standard InChI is InChI=1S/C24H23NO5/c26-23(27)22(17-29-15-18-9-3-1-4-10-18)25-24(28)30-16-20-13-7-8-14-21(20)19-11-5-2-6-12-19/h1-14,22H,15-17H2,(H,25,28)(H,26,27). The molecule has 1 atom stereocenters. The first-order valence-corrected chi connectivity index (χ1v) is 9.54. The topological polar surface area (TPSA) is 84.9 Å². The van der Waals surface area contributed by atoms with E-state index in [-0.39, 0.29) is 19.8 Å². The summed E-state index contributed by atoms with van der Waals surface area (Å²) in [5.41, 5.74) is 3.70. The Kier molecular flexibility index (Phi) is 7.58. The van der Waals surface area contributed by atoms with Gasteiger partial charge in [-0.3, -0.25) is 0 Å². The number of hydrogen-bond donors (Lipinski definition) is 2. The van der Waals surface area contributed by atoms with Gasteiger partial charge in [-0.15, -0.1) is 0 Å². The van der Waals surface area contributed by atoms with Gasteiger partial charge in [0.15, 0.2) is 6.04 Å². The zero-order chi connectivity index (χ0) is 21.2. The Morgan fingerprint density at radius 3 is 2.17 bits per heavy atom. The highest BCUT2D eigenvalue weighted by atomic mass is 16.5. The van der Waals surface area contributed by atoms with E-state index < -0.39 is 18.1 Å². The van der Waals surface area contributed by atoms with Crippen molar-refractivity contribution in [3.05, 3.63) is 96.1 Å². The van der Waals surface area contributed by atoms with Crippen LogP contribution in [-0.4, -0.2) is 29.8 Å². The largest absolute Gasteiger partial charge is 0.480 e. The minimum Gasteiger partial charge on any atom is -0.480 e. The van der Waals surface area contributed by atoms with E-state index in [2.05, 4.69) is 5.32 Å². The van der Waals surface area contributed by atoms with Gasteiger partial charge in [0.2, 0.25) is 0 Å². The third kappa shape index (κ3) is 6.18. The smallest absolute Gasteiger partial charge is 0.408 e. The molecule has 1 unspecified atom stereocenters. The number of amides is 1. The molecule has 0 saturated carbocycles. The Labute approximate surface area is 175 Å². The van der Waals surface area contributed by atoms with E-state index in [1.54, 1.807) is 0 Å². The highest BCUT2D eigenvalue weighted by Crippen LogP contribution is 2.23. The van der Waals surface area contributed by atoms with Crippen LogP contribution in [0.3, 0.4) is 0 Å². The molecule has 0 aliphatic rings. The van der Waals surface area contributed by atoms with E-state index in [0.29, 0.717) is 0 Å². The van der Waals surface area contributed by atoms with Crippen molar-refractivity contribution in [2.24, 2.45) is 0 Å². The lowest BCUT2D eigenvalue weighted by atomic mass is 10.0. The second kappa shape index (κ2) is 10.8. The molecule has 3 aromatic rings. The number of carbonyl (C=O) groups excluding carboxylic acids is 1. The Bertz CT molecular complexity index is 960. The van der Waals surface area contributed by atoms with Crippen molar-refractivity contribution in [1.29, 1.82) is 0 Å². The fourth-order valence-electron chi connectivity index (χ4n) is 2.92. The van der Waals surface area contributed by atoms with Crippen molar-refractivity contribution in [1.82, 2.24) is 5.32 Å². The van der Waals surface area contributed by atoms with Crippen molar-refractivity contribution in [3.8, 4) is 11.1 Å². The maximum absolute atomic E-state index is 12.2. The third-order valence-electron chi connectivity index (χ3n) is 4.45. The van der Waals surface area contributed by atoms with Gasteiger partial charge in [0, 0.05) is 0 Å². The van der Waals surface area contributed by atoms with Crippen molar-refractivity contribution < 1.29 is 24.2 Å². The lowest BCUT2D eigenvalue weighted by Crippen LogP contribution is -2.44. The van der Waals surface area contributed by atoms with Gasteiger partial charge in [-0.1, -0.05) is 84.9 Å². The molecule has 6 heteroatoms. The molecule has 0 aromatic heterocycles. The molecule has 0 spiro atoms. The van der Waals surface area contributed by atoms with Crippen LogP contribution in [-0.2, 0) is 27.5 Å². The van der Waals surface area contributed by atoms with Crippen LogP contribution in [0.15, 0.2) is 84.9 Å². The zero-order valence-corrected chi connectivity index (χ0v) is 16.4. The number of alkyl carbamates (subject to hydrolysis) is 1. The van der Waals surface area contributed by atoms with Gasteiger partial charge in [0.1, 0.15) is 6.61 Å². The second-order valence-electron chi connectivity index (χ2n) is 6.64. The number of ether oxygens (including phenoxy) is 2. The Morgan fingerprint density at radius 1 is 0.833 bits per heavy atom. The van der Waals surface area contributed by atoms with Crippen LogP contribution >= 0.6 is 0 Å². The lowest BCUT2D eigenvalue weighted by molar-refractivity contribution is -0.141. The number of carboxylic acid groups (broad SMARTS) is 1. The van der Waals surface area contributed by atoms with Crippen molar-refractivity contribution in [3.63, 3.8) is 0 Å². The average Bonchev–Trinajstić information content (AvgIpc) is 2.78. The molecule has 6 nitrogen and oxygen atoms in total. The molecule has 1 amide bonds. The van der Waals surface area contributed by atoms with Crippen LogP contribution in [0.5, 0.6) is 0 Å². The summed E-state index contributed by atoms with van der Waals surface area (Å²) >= 11 is 0. The van der Waals surface area contributed by atoms with Crippen molar-refractivity contribution in [2.75, 3.05) is 6.61 Å². The highest BCUT2D eigenvalue weighted by molar-refractivity contribution is 5.80. The number of rotatable bonds is 9. The molecule has 0 saturated heterocycles. The first-order chi connectivity index (χ1) is 14.6. The van der Waals surface area contributed by atoms with Crippen LogP contribution in [0.25, 0.3) is 11.1 Å². The molecule has 0 aliphatic carbocycles. The van der Waals surface area contributed by atoms with Crippen LogP contribution in [0, 0.1) is 0 Å². The second-order valence-corrected chi connectivity index (χ2v) is 6.64. The molecule has 3 rings (SSSR count). The summed E-state index contributed by atoms with van der Waals surface area (Å²) in [6.07, 6.45) is -0.812. The molecule has 30 heavy (non-hydrogen) atoms. The van der Waals surface area contributed by atoms with Gasteiger partial charge < -0.3 is 19.9 Å². The van der Waals surface area contributed by atoms with Gasteiger partial charge in [-0.2, -0.15) is 0 Å². The third-order valence-corrected chi connectivity index (χ3v) is 4.45. The molecule has 154 valence electrons. The van der Waals surface area contributed by atoms with Crippen molar-refractivity contribution in [2.45, 2.75) is 19.3 Å². The number of benzene rings is 3.